The van der Waals surface area contributed by atoms with Crippen LogP contribution in [0.3, 0.4) is 0 Å². The zero-order chi connectivity index (χ0) is 16.1. The van der Waals surface area contributed by atoms with Crippen LogP contribution >= 0.6 is 0 Å². The number of benzene rings is 1. The van der Waals surface area contributed by atoms with Crippen LogP contribution in [0.5, 0.6) is 5.75 Å². The fraction of sp³-hybridized carbons (Fsp3) is 0.588. The molecule has 1 heterocycles. The number of phenols is 1. The number of nitrogens with zero attached hydrogens (tertiary/aromatic N) is 1. The molecule has 1 saturated heterocycles. The first-order chi connectivity index (χ1) is 10.5. The van der Waals surface area contributed by atoms with Crippen LogP contribution in [-0.2, 0) is 11.3 Å². The zero-order valence-electron chi connectivity index (χ0n) is 13.7. The van der Waals surface area contributed by atoms with Crippen molar-refractivity contribution in [3.05, 3.63) is 28.8 Å². The van der Waals surface area contributed by atoms with Gasteiger partial charge in [-0.25, -0.2) is 4.79 Å². The molecule has 5 heteroatoms. The number of aromatic hydroxyl groups is 1. The minimum atomic E-state index is -0.344. The molecule has 0 spiro atoms. The molecule has 1 fully saturated rings. The van der Waals surface area contributed by atoms with Crippen molar-refractivity contribution in [1.29, 1.82) is 0 Å². The van der Waals surface area contributed by atoms with Gasteiger partial charge in [0.2, 0.25) is 0 Å². The molecule has 1 aliphatic heterocycles. The number of amides is 1. The quantitative estimate of drug-likeness (QED) is 0.898. The summed E-state index contributed by atoms with van der Waals surface area (Å²) in [5.41, 5.74) is 3.23. The van der Waals surface area contributed by atoms with Crippen LogP contribution in [-0.4, -0.2) is 41.8 Å². The zero-order valence-corrected chi connectivity index (χ0v) is 13.7. The van der Waals surface area contributed by atoms with Crippen molar-refractivity contribution in [3.8, 4) is 5.75 Å². The fourth-order valence-electron chi connectivity index (χ4n) is 2.88. The third-order valence-corrected chi connectivity index (χ3v) is 4.19. The third-order valence-electron chi connectivity index (χ3n) is 4.19. The van der Waals surface area contributed by atoms with Crippen LogP contribution in [0.2, 0.25) is 0 Å². The number of hydrogen-bond donors (Lipinski definition) is 2. The lowest BCUT2D eigenvalue weighted by Gasteiger charge is -2.33. The van der Waals surface area contributed by atoms with E-state index in [1.54, 1.807) is 6.92 Å². The van der Waals surface area contributed by atoms with E-state index in [4.69, 9.17) is 4.74 Å². The Balaban J connectivity index is 1.95. The molecule has 0 unspecified atom stereocenters. The van der Waals surface area contributed by atoms with Crippen molar-refractivity contribution in [3.63, 3.8) is 0 Å². The van der Waals surface area contributed by atoms with E-state index in [9.17, 15) is 9.90 Å². The summed E-state index contributed by atoms with van der Waals surface area (Å²) >= 11 is 0. The number of ether oxygens (including phenoxy) is 1. The Bertz CT molecular complexity index is 531. The lowest BCUT2D eigenvalue weighted by atomic mass is 10.0. The first kappa shape index (κ1) is 16.6. The molecular formula is C17H26N2O3. The maximum absolute atomic E-state index is 11.5. The molecule has 1 aromatic carbocycles. The monoisotopic (exact) mass is 306 g/mol. The van der Waals surface area contributed by atoms with Gasteiger partial charge in [0.25, 0.3) is 0 Å². The Morgan fingerprint density at radius 2 is 2.14 bits per heavy atom. The van der Waals surface area contributed by atoms with Gasteiger partial charge in [-0.2, -0.15) is 0 Å². The van der Waals surface area contributed by atoms with Crippen molar-refractivity contribution in [1.82, 2.24) is 10.2 Å². The highest BCUT2D eigenvalue weighted by atomic mass is 16.5. The number of aryl methyl sites for hydroxylation is 2. The van der Waals surface area contributed by atoms with Gasteiger partial charge in [-0.3, -0.25) is 4.90 Å². The van der Waals surface area contributed by atoms with E-state index in [-0.39, 0.29) is 12.1 Å². The molecule has 5 nitrogen and oxygen atoms in total. The Morgan fingerprint density at radius 3 is 2.86 bits per heavy atom. The molecule has 1 amide bonds. The SMILES string of the molecule is CCOC(=O)N[C@@H]1CCCN(Cc2cc(C)c(C)cc2O)C1. The molecule has 0 aromatic heterocycles. The van der Waals surface area contributed by atoms with Crippen molar-refractivity contribution in [2.75, 3.05) is 19.7 Å². The van der Waals surface area contributed by atoms with Crippen molar-refractivity contribution in [2.24, 2.45) is 0 Å². The third kappa shape index (κ3) is 4.37. The fourth-order valence-corrected chi connectivity index (χ4v) is 2.88. The van der Waals surface area contributed by atoms with Crippen LogP contribution in [0.1, 0.15) is 36.5 Å². The largest absolute Gasteiger partial charge is 0.508 e. The van der Waals surface area contributed by atoms with Crippen LogP contribution in [0, 0.1) is 13.8 Å². The number of nitrogens with one attached hydrogen (secondary N) is 1. The molecular weight excluding hydrogens is 280 g/mol. The number of carbonyl (C=O) groups is 1. The second-order valence-corrected chi connectivity index (χ2v) is 6.00. The molecule has 0 bridgehead atoms. The number of rotatable bonds is 4. The first-order valence-electron chi connectivity index (χ1n) is 7.94. The maximum Gasteiger partial charge on any atom is 0.407 e. The summed E-state index contributed by atoms with van der Waals surface area (Å²) in [6.45, 7) is 8.71. The van der Waals surface area contributed by atoms with Gasteiger partial charge >= 0.3 is 6.09 Å². The standard InChI is InChI=1S/C17H26N2O3/c1-4-22-17(21)18-15-6-5-7-19(11-15)10-14-8-12(2)13(3)9-16(14)20/h8-9,15,20H,4-7,10-11H2,1-3H3,(H,18,21)/t15-/m1/s1. The Morgan fingerprint density at radius 1 is 1.41 bits per heavy atom. The average Bonchev–Trinajstić information content (AvgIpc) is 2.45. The smallest absolute Gasteiger partial charge is 0.407 e. The molecule has 1 aliphatic rings. The normalized spacial score (nSPS) is 19.0. The van der Waals surface area contributed by atoms with Gasteiger partial charge in [0.15, 0.2) is 0 Å². The highest BCUT2D eigenvalue weighted by Gasteiger charge is 2.22. The molecule has 122 valence electrons. The molecule has 0 aliphatic carbocycles. The number of piperidine rings is 1. The first-order valence-corrected chi connectivity index (χ1v) is 7.94. The molecule has 1 aromatic rings. The molecule has 0 saturated carbocycles. The average molecular weight is 306 g/mol. The minimum absolute atomic E-state index is 0.112. The number of carbonyl (C=O) groups excluding carboxylic acids is 1. The van der Waals surface area contributed by atoms with Gasteiger partial charge in [0.05, 0.1) is 6.61 Å². The van der Waals surface area contributed by atoms with Crippen LogP contribution < -0.4 is 5.32 Å². The van der Waals surface area contributed by atoms with Gasteiger partial charge in [-0.1, -0.05) is 6.07 Å². The number of phenolic OH excluding ortho intramolecular Hbond substituents is 1. The van der Waals surface area contributed by atoms with Crippen LogP contribution in [0.15, 0.2) is 12.1 Å². The molecule has 2 N–H and O–H groups in total. The van der Waals surface area contributed by atoms with E-state index < -0.39 is 0 Å². The van der Waals surface area contributed by atoms with Crippen LogP contribution in [0.4, 0.5) is 4.79 Å². The summed E-state index contributed by atoms with van der Waals surface area (Å²) in [5, 5.41) is 13.0. The lowest BCUT2D eigenvalue weighted by Crippen LogP contribution is -2.47. The van der Waals surface area contributed by atoms with E-state index in [1.165, 1.54) is 5.56 Å². The molecule has 1 atom stereocenters. The van der Waals surface area contributed by atoms with Gasteiger partial charge < -0.3 is 15.2 Å². The van der Waals surface area contributed by atoms with E-state index in [0.717, 1.165) is 37.1 Å². The molecule has 22 heavy (non-hydrogen) atoms. The highest BCUT2D eigenvalue weighted by Crippen LogP contribution is 2.24. The summed E-state index contributed by atoms with van der Waals surface area (Å²) in [6, 6.07) is 3.98. The van der Waals surface area contributed by atoms with Crippen LogP contribution in [0.25, 0.3) is 0 Å². The minimum Gasteiger partial charge on any atom is -0.508 e. The summed E-state index contributed by atoms with van der Waals surface area (Å²) < 4.78 is 4.94. The van der Waals surface area contributed by atoms with Crippen molar-refractivity contribution < 1.29 is 14.6 Å². The van der Waals surface area contributed by atoms with Crippen molar-refractivity contribution in [2.45, 2.75) is 46.2 Å². The predicted octanol–water partition coefficient (Wildman–Crippen LogP) is 2.72. The lowest BCUT2D eigenvalue weighted by molar-refractivity contribution is 0.132. The number of alkyl carbamates (subject to hydrolysis) is 1. The number of likely N-dealkylation sites (tertiary alicyclic amines) is 1. The van der Waals surface area contributed by atoms with Gasteiger partial charge in [0, 0.05) is 24.7 Å². The Hall–Kier alpha value is -1.75. The molecule has 2 rings (SSSR count). The molecule has 0 radical (unpaired) electrons. The van der Waals surface area contributed by atoms with E-state index in [1.807, 2.05) is 19.1 Å². The topological polar surface area (TPSA) is 61.8 Å². The van der Waals surface area contributed by atoms with Gasteiger partial charge in [0.1, 0.15) is 5.75 Å². The second kappa shape index (κ2) is 7.49. The van der Waals surface area contributed by atoms with E-state index in [0.29, 0.717) is 18.9 Å². The summed E-state index contributed by atoms with van der Waals surface area (Å²) in [4.78, 5) is 13.8. The van der Waals surface area contributed by atoms with E-state index in [2.05, 4.69) is 17.1 Å². The summed E-state index contributed by atoms with van der Waals surface area (Å²) in [6.07, 6.45) is 1.65. The van der Waals surface area contributed by atoms with Gasteiger partial charge in [-0.15, -0.1) is 0 Å². The van der Waals surface area contributed by atoms with E-state index >= 15 is 0 Å². The van der Waals surface area contributed by atoms with Gasteiger partial charge in [-0.05, 0) is 57.4 Å². The summed E-state index contributed by atoms with van der Waals surface area (Å²) in [5.74, 6) is 0.351. The highest BCUT2D eigenvalue weighted by molar-refractivity contribution is 5.67. The Labute approximate surface area is 132 Å². The Kier molecular flexibility index (Phi) is 5.66. The maximum atomic E-state index is 11.5. The van der Waals surface area contributed by atoms with Crippen molar-refractivity contribution >= 4 is 6.09 Å². The summed E-state index contributed by atoms with van der Waals surface area (Å²) in [7, 11) is 0. The second-order valence-electron chi connectivity index (χ2n) is 6.00. The number of hydrogen-bond acceptors (Lipinski definition) is 4. The predicted molar refractivity (Wildman–Crippen MR) is 86.0 cm³/mol.